The van der Waals surface area contributed by atoms with E-state index >= 15 is 0 Å². The van der Waals surface area contributed by atoms with Crippen LogP contribution in [0.3, 0.4) is 0 Å². The first-order valence-corrected chi connectivity index (χ1v) is 4.21. The Balaban J connectivity index is 0.000000354. The highest BCUT2D eigenvalue weighted by molar-refractivity contribution is 5.30. The molecule has 0 saturated heterocycles. The lowest BCUT2D eigenvalue weighted by Crippen LogP contribution is -1.72. The highest BCUT2D eigenvalue weighted by atomic mass is 14.2. The van der Waals surface area contributed by atoms with Crippen LogP contribution < -0.4 is 0 Å². The van der Waals surface area contributed by atoms with Crippen LogP contribution in [0.25, 0.3) is 0 Å². The smallest absolute Gasteiger partial charge is 0.0991 e. The van der Waals surface area contributed by atoms with E-state index in [0.29, 0.717) is 0 Å². The van der Waals surface area contributed by atoms with Crippen LogP contribution >= 0.6 is 0 Å². The Labute approximate surface area is 74.7 Å². The summed E-state index contributed by atoms with van der Waals surface area (Å²) in [5, 5.41) is 8.38. The molecule has 0 amide bonds. The van der Waals surface area contributed by atoms with Crippen molar-refractivity contribution in [2.45, 2.75) is 27.2 Å². The second kappa shape index (κ2) is 6.42. The molecule has 0 aromatic heterocycles. The van der Waals surface area contributed by atoms with Crippen molar-refractivity contribution in [2.75, 3.05) is 0 Å². The van der Waals surface area contributed by atoms with E-state index in [1.165, 1.54) is 12.0 Å². The van der Waals surface area contributed by atoms with E-state index in [1.807, 2.05) is 31.2 Å². The van der Waals surface area contributed by atoms with E-state index in [0.717, 1.165) is 5.56 Å². The predicted molar refractivity (Wildman–Crippen MR) is 51.9 cm³/mol. The Hall–Kier alpha value is -1.29. The van der Waals surface area contributed by atoms with Crippen LogP contribution in [-0.4, -0.2) is 0 Å². The predicted octanol–water partition coefficient (Wildman–Crippen LogP) is 3.28. The standard InChI is InChI=1S/C8H7N.C3H8/c1-7-2-4-8(6-9)5-3-7;1-3-2/h2-5H,1H3;3H2,1-2H3. The van der Waals surface area contributed by atoms with Gasteiger partial charge in [0.15, 0.2) is 0 Å². The molecule has 0 unspecified atom stereocenters. The highest BCUT2D eigenvalue weighted by Gasteiger charge is 1.84. The molecule has 0 aliphatic heterocycles. The molecule has 0 heterocycles. The molecule has 0 radical (unpaired) electrons. The van der Waals surface area contributed by atoms with Gasteiger partial charge in [-0.15, -0.1) is 0 Å². The minimum Gasteiger partial charge on any atom is -0.192 e. The quantitative estimate of drug-likeness (QED) is 0.572. The summed E-state index contributed by atoms with van der Waals surface area (Å²) in [6.07, 6.45) is 1.25. The summed E-state index contributed by atoms with van der Waals surface area (Å²) in [7, 11) is 0. The summed E-state index contributed by atoms with van der Waals surface area (Å²) >= 11 is 0. The molecule has 0 fully saturated rings. The Kier molecular flexibility index (Phi) is 5.73. The van der Waals surface area contributed by atoms with Crippen LogP contribution in [0.15, 0.2) is 24.3 Å². The van der Waals surface area contributed by atoms with Crippen molar-refractivity contribution in [1.82, 2.24) is 0 Å². The van der Waals surface area contributed by atoms with Crippen molar-refractivity contribution in [1.29, 1.82) is 5.26 Å². The van der Waals surface area contributed by atoms with Gasteiger partial charge in [-0.25, -0.2) is 0 Å². The van der Waals surface area contributed by atoms with Gasteiger partial charge in [-0.1, -0.05) is 38.0 Å². The molecular weight excluding hydrogens is 146 g/mol. The number of nitriles is 1. The minimum atomic E-state index is 0.723. The van der Waals surface area contributed by atoms with Crippen molar-refractivity contribution in [3.8, 4) is 6.07 Å². The third-order valence-electron chi connectivity index (χ3n) is 1.18. The maximum atomic E-state index is 8.38. The summed E-state index contributed by atoms with van der Waals surface area (Å²) in [4.78, 5) is 0. The summed E-state index contributed by atoms with van der Waals surface area (Å²) in [6.45, 7) is 6.25. The van der Waals surface area contributed by atoms with Crippen LogP contribution in [0.2, 0.25) is 0 Å². The normalized spacial score (nSPS) is 7.83. The third-order valence-corrected chi connectivity index (χ3v) is 1.18. The van der Waals surface area contributed by atoms with Gasteiger partial charge in [0, 0.05) is 0 Å². The monoisotopic (exact) mass is 161 g/mol. The molecule has 1 heteroatoms. The van der Waals surface area contributed by atoms with Crippen molar-refractivity contribution in [3.63, 3.8) is 0 Å². The summed E-state index contributed by atoms with van der Waals surface area (Å²) in [5.41, 5.74) is 1.91. The summed E-state index contributed by atoms with van der Waals surface area (Å²) < 4.78 is 0. The number of benzene rings is 1. The topological polar surface area (TPSA) is 23.8 Å². The van der Waals surface area contributed by atoms with Crippen LogP contribution in [0.5, 0.6) is 0 Å². The van der Waals surface area contributed by atoms with Gasteiger partial charge < -0.3 is 0 Å². The Morgan fingerprint density at radius 1 is 1.17 bits per heavy atom. The molecule has 0 bridgehead atoms. The zero-order valence-electron chi connectivity index (χ0n) is 7.96. The van der Waals surface area contributed by atoms with Crippen molar-refractivity contribution in [2.24, 2.45) is 0 Å². The molecule has 1 aromatic carbocycles. The van der Waals surface area contributed by atoms with E-state index < -0.39 is 0 Å². The van der Waals surface area contributed by atoms with Crippen molar-refractivity contribution in [3.05, 3.63) is 35.4 Å². The zero-order valence-corrected chi connectivity index (χ0v) is 7.96. The maximum absolute atomic E-state index is 8.38. The fourth-order valence-corrected chi connectivity index (χ4v) is 0.628. The van der Waals surface area contributed by atoms with Crippen LogP contribution in [0.4, 0.5) is 0 Å². The van der Waals surface area contributed by atoms with E-state index in [-0.39, 0.29) is 0 Å². The molecule has 1 nitrogen and oxygen atoms in total. The van der Waals surface area contributed by atoms with E-state index in [9.17, 15) is 0 Å². The molecule has 12 heavy (non-hydrogen) atoms. The molecule has 0 atom stereocenters. The minimum absolute atomic E-state index is 0.723. The van der Waals surface area contributed by atoms with Gasteiger partial charge in [-0.3, -0.25) is 0 Å². The Morgan fingerprint density at radius 3 is 1.92 bits per heavy atom. The fraction of sp³-hybridized carbons (Fsp3) is 0.364. The van der Waals surface area contributed by atoms with Gasteiger partial charge in [0.2, 0.25) is 0 Å². The molecule has 0 N–H and O–H groups in total. The van der Waals surface area contributed by atoms with Gasteiger partial charge >= 0.3 is 0 Å². The first-order chi connectivity index (χ1) is 5.74. The average molecular weight is 161 g/mol. The largest absolute Gasteiger partial charge is 0.192 e. The van der Waals surface area contributed by atoms with E-state index in [2.05, 4.69) is 19.9 Å². The van der Waals surface area contributed by atoms with Gasteiger partial charge in [0.25, 0.3) is 0 Å². The number of nitrogens with zero attached hydrogens (tertiary/aromatic N) is 1. The molecule has 0 aliphatic carbocycles. The molecule has 0 spiro atoms. The van der Waals surface area contributed by atoms with Gasteiger partial charge in [-0.2, -0.15) is 5.26 Å². The average Bonchev–Trinajstić information content (AvgIpc) is 2.07. The van der Waals surface area contributed by atoms with E-state index in [4.69, 9.17) is 5.26 Å². The summed E-state index contributed by atoms with van der Waals surface area (Å²) in [5.74, 6) is 0. The molecule has 1 rings (SSSR count). The molecule has 0 aliphatic rings. The highest BCUT2D eigenvalue weighted by Crippen LogP contribution is 1.99. The third kappa shape index (κ3) is 4.51. The van der Waals surface area contributed by atoms with Crippen LogP contribution in [0, 0.1) is 18.3 Å². The lowest BCUT2D eigenvalue weighted by molar-refractivity contribution is 1.09. The molecule has 1 aromatic rings. The Morgan fingerprint density at radius 2 is 1.58 bits per heavy atom. The lowest BCUT2D eigenvalue weighted by atomic mass is 10.2. The number of aryl methyl sites for hydroxylation is 1. The second-order valence-electron chi connectivity index (χ2n) is 2.68. The number of hydrogen-bond acceptors (Lipinski definition) is 1. The molecule has 64 valence electrons. The fourth-order valence-electron chi connectivity index (χ4n) is 0.628. The van der Waals surface area contributed by atoms with Gasteiger partial charge in [0.1, 0.15) is 0 Å². The zero-order chi connectivity index (χ0) is 9.40. The molecule has 0 saturated carbocycles. The van der Waals surface area contributed by atoms with Crippen LogP contribution in [0.1, 0.15) is 31.4 Å². The Bertz CT molecular complexity index is 241. The van der Waals surface area contributed by atoms with Gasteiger partial charge in [-0.05, 0) is 19.1 Å². The first-order valence-electron chi connectivity index (χ1n) is 4.21. The van der Waals surface area contributed by atoms with Crippen LogP contribution in [-0.2, 0) is 0 Å². The SMILES string of the molecule is CCC.Cc1ccc(C#N)cc1. The lowest BCUT2D eigenvalue weighted by Gasteiger charge is -1.88. The van der Waals surface area contributed by atoms with E-state index in [1.54, 1.807) is 0 Å². The number of rotatable bonds is 0. The van der Waals surface area contributed by atoms with Crippen molar-refractivity contribution >= 4 is 0 Å². The summed E-state index contributed by atoms with van der Waals surface area (Å²) in [6, 6.07) is 9.54. The molecular formula is C11H15N. The second-order valence-corrected chi connectivity index (χ2v) is 2.68. The van der Waals surface area contributed by atoms with Crippen molar-refractivity contribution < 1.29 is 0 Å². The maximum Gasteiger partial charge on any atom is 0.0991 e. The first kappa shape index (κ1) is 10.7. The number of hydrogen-bond donors (Lipinski definition) is 0. The van der Waals surface area contributed by atoms with Gasteiger partial charge in [0.05, 0.1) is 11.6 Å².